The first kappa shape index (κ1) is 11.5. The Morgan fingerprint density at radius 3 is 2.29 bits per heavy atom. The van der Waals surface area contributed by atoms with Gasteiger partial charge in [-0.15, -0.1) is 0 Å². The smallest absolute Gasteiger partial charge is 0.222 e. The molecule has 0 aromatic heterocycles. The van der Waals surface area contributed by atoms with Crippen LogP contribution >= 0.6 is 0 Å². The molecule has 1 aliphatic rings. The fourth-order valence-electron chi connectivity index (χ4n) is 2.20. The number of carbonyl (C=O) groups excluding carboxylic acids is 1. The first-order valence-electron chi connectivity index (χ1n) is 5.92. The van der Waals surface area contributed by atoms with Crippen LogP contribution in [0.5, 0.6) is 0 Å². The number of nitrogens with one attached hydrogen (secondary N) is 1. The first-order chi connectivity index (χ1) is 6.59. The second-order valence-electron chi connectivity index (χ2n) is 4.84. The van der Waals surface area contributed by atoms with E-state index in [-0.39, 0.29) is 17.4 Å². The van der Waals surface area contributed by atoms with Crippen molar-refractivity contribution in [2.24, 2.45) is 5.92 Å². The van der Waals surface area contributed by atoms with Crippen molar-refractivity contribution >= 4 is 5.91 Å². The summed E-state index contributed by atoms with van der Waals surface area (Å²) in [6.45, 7) is 6.11. The second kappa shape index (κ2) is 4.81. The van der Waals surface area contributed by atoms with Crippen molar-refractivity contribution < 1.29 is 4.79 Å². The molecule has 0 heterocycles. The van der Waals surface area contributed by atoms with Crippen LogP contribution in [0.3, 0.4) is 0 Å². The lowest BCUT2D eigenvalue weighted by Gasteiger charge is -2.38. The Morgan fingerprint density at radius 1 is 1.29 bits per heavy atom. The van der Waals surface area contributed by atoms with E-state index in [0.29, 0.717) is 0 Å². The molecule has 0 aromatic rings. The molecule has 0 bridgehead atoms. The number of rotatable bonds is 3. The van der Waals surface area contributed by atoms with Gasteiger partial charge in [0.05, 0.1) is 0 Å². The minimum Gasteiger partial charge on any atom is -0.350 e. The van der Waals surface area contributed by atoms with Gasteiger partial charge in [0.25, 0.3) is 0 Å². The largest absolute Gasteiger partial charge is 0.350 e. The highest BCUT2D eigenvalue weighted by atomic mass is 16.2. The van der Waals surface area contributed by atoms with Gasteiger partial charge in [-0.3, -0.25) is 4.79 Å². The molecule has 1 fully saturated rings. The van der Waals surface area contributed by atoms with Crippen molar-refractivity contribution in [3.8, 4) is 0 Å². The third-order valence-electron chi connectivity index (χ3n) is 3.40. The molecule has 1 N–H and O–H groups in total. The Balaban J connectivity index is 2.56. The Hall–Kier alpha value is -0.530. The molecule has 1 saturated carbocycles. The molecule has 1 rings (SSSR count). The zero-order valence-corrected chi connectivity index (χ0v) is 9.73. The molecule has 0 atom stereocenters. The van der Waals surface area contributed by atoms with Crippen molar-refractivity contribution in [1.29, 1.82) is 0 Å². The van der Waals surface area contributed by atoms with Crippen LogP contribution in [-0.4, -0.2) is 11.4 Å². The molecule has 14 heavy (non-hydrogen) atoms. The maximum atomic E-state index is 11.7. The highest BCUT2D eigenvalue weighted by molar-refractivity contribution is 5.78. The molecule has 1 amide bonds. The topological polar surface area (TPSA) is 29.1 Å². The number of carbonyl (C=O) groups is 1. The number of hydrogen-bond donors (Lipinski definition) is 1. The van der Waals surface area contributed by atoms with Crippen molar-refractivity contribution in [2.45, 2.75) is 64.8 Å². The molecule has 82 valence electrons. The molecular formula is C12H23NO. The van der Waals surface area contributed by atoms with Gasteiger partial charge in [0.1, 0.15) is 0 Å². The van der Waals surface area contributed by atoms with Crippen LogP contribution in [-0.2, 0) is 4.79 Å². The third-order valence-corrected chi connectivity index (χ3v) is 3.40. The summed E-state index contributed by atoms with van der Waals surface area (Å²) in [6.07, 6.45) is 7.28. The molecule has 0 saturated heterocycles. The summed E-state index contributed by atoms with van der Waals surface area (Å²) in [5.74, 6) is 0.328. The SMILES string of the molecule is CCC1(NC(=O)C(C)C)CCCCC1. The molecule has 0 aromatic carbocycles. The van der Waals surface area contributed by atoms with E-state index in [4.69, 9.17) is 0 Å². The average Bonchev–Trinajstić information content (AvgIpc) is 2.19. The third kappa shape index (κ3) is 2.73. The number of amides is 1. The zero-order chi connectivity index (χ0) is 10.6. The summed E-state index contributed by atoms with van der Waals surface area (Å²) in [7, 11) is 0. The van der Waals surface area contributed by atoms with Gasteiger partial charge in [0, 0.05) is 11.5 Å². The maximum absolute atomic E-state index is 11.7. The van der Waals surface area contributed by atoms with Crippen LogP contribution < -0.4 is 5.32 Å². The molecule has 0 spiro atoms. The van der Waals surface area contributed by atoms with Crippen LogP contribution in [0.1, 0.15) is 59.3 Å². The predicted octanol–water partition coefficient (Wildman–Crippen LogP) is 2.87. The quantitative estimate of drug-likeness (QED) is 0.740. The van der Waals surface area contributed by atoms with Gasteiger partial charge in [-0.25, -0.2) is 0 Å². The van der Waals surface area contributed by atoms with Crippen LogP contribution in [0.2, 0.25) is 0 Å². The van der Waals surface area contributed by atoms with Gasteiger partial charge in [-0.1, -0.05) is 40.0 Å². The minimum absolute atomic E-state index is 0.111. The van der Waals surface area contributed by atoms with E-state index in [2.05, 4.69) is 12.2 Å². The fraction of sp³-hybridized carbons (Fsp3) is 0.917. The fourth-order valence-corrected chi connectivity index (χ4v) is 2.20. The average molecular weight is 197 g/mol. The molecule has 2 nitrogen and oxygen atoms in total. The monoisotopic (exact) mass is 197 g/mol. The summed E-state index contributed by atoms with van der Waals surface area (Å²) in [4.78, 5) is 11.7. The summed E-state index contributed by atoms with van der Waals surface area (Å²) in [5.41, 5.74) is 0.125. The van der Waals surface area contributed by atoms with Gasteiger partial charge in [-0.2, -0.15) is 0 Å². The highest BCUT2D eigenvalue weighted by Gasteiger charge is 2.31. The van der Waals surface area contributed by atoms with E-state index >= 15 is 0 Å². The van der Waals surface area contributed by atoms with E-state index < -0.39 is 0 Å². The Morgan fingerprint density at radius 2 is 1.86 bits per heavy atom. The van der Waals surface area contributed by atoms with Crippen molar-refractivity contribution in [3.05, 3.63) is 0 Å². The van der Waals surface area contributed by atoms with E-state index in [1.54, 1.807) is 0 Å². The minimum atomic E-state index is 0.111. The van der Waals surface area contributed by atoms with Crippen LogP contribution in [0.25, 0.3) is 0 Å². The summed E-state index contributed by atoms with van der Waals surface area (Å²) in [6, 6.07) is 0. The van der Waals surface area contributed by atoms with Crippen molar-refractivity contribution in [2.75, 3.05) is 0 Å². The predicted molar refractivity (Wildman–Crippen MR) is 59.1 cm³/mol. The van der Waals surface area contributed by atoms with E-state index in [9.17, 15) is 4.79 Å². The standard InChI is InChI=1S/C12H23NO/c1-4-12(8-6-5-7-9-12)13-11(14)10(2)3/h10H,4-9H2,1-3H3,(H,13,14). The zero-order valence-electron chi connectivity index (χ0n) is 9.73. The Bertz CT molecular complexity index is 192. The van der Waals surface area contributed by atoms with E-state index in [1.807, 2.05) is 13.8 Å². The lowest BCUT2D eigenvalue weighted by atomic mass is 9.79. The molecular weight excluding hydrogens is 174 g/mol. The number of hydrogen-bond acceptors (Lipinski definition) is 1. The van der Waals surface area contributed by atoms with Crippen LogP contribution in [0, 0.1) is 5.92 Å². The van der Waals surface area contributed by atoms with Gasteiger partial charge in [0.2, 0.25) is 5.91 Å². The van der Waals surface area contributed by atoms with Gasteiger partial charge < -0.3 is 5.32 Å². The molecule has 0 unspecified atom stereocenters. The normalized spacial score (nSPS) is 20.9. The van der Waals surface area contributed by atoms with Crippen molar-refractivity contribution in [3.63, 3.8) is 0 Å². The van der Waals surface area contributed by atoms with Crippen LogP contribution in [0.15, 0.2) is 0 Å². The summed E-state index contributed by atoms with van der Waals surface area (Å²) in [5, 5.41) is 3.24. The van der Waals surface area contributed by atoms with Crippen LogP contribution in [0.4, 0.5) is 0 Å². The molecule has 0 radical (unpaired) electrons. The first-order valence-corrected chi connectivity index (χ1v) is 5.92. The Kier molecular flexibility index (Phi) is 3.97. The van der Waals surface area contributed by atoms with E-state index in [0.717, 1.165) is 6.42 Å². The Labute approximate surface area is 87.5 Å². The molecule has 1 aliphatic carbocycles. The van der Waals surface area contributed by atoms with Gasteiger partial charge in [-0.05, 0) is 19.3 Å². The lowest BCUT2D eigenvalue weighted by molar-refractivity contribution is -0.126. The summed E-state index contributed by atoms with van der Waals surface area (Å²) < 4.78 is 0. The summed E-state index contributed by atoms with van der Waals surface area (Å²) >= 11 is 0. The second-order valence-corrected chi connectivity index (χ2v) is 4.84. The van der Waals surface area contributed by atoms with Gasteiger partial charge in [0.15, 0.2) is 0 Å². The van der Waals surface area contributed by atoms with Gasteiger partial charge >= 0.3 is 0 Å². The maximum Gasteiger partial charge on any atom is 0.222 e. The van der Waals surface area contributed by atoms with E-state index in [1.165, 1.54) is 32.1 Å². The van der Waals surface area contributed by atoms with Crippen molar-refractivity contribution in [1.82, 2.24) is 5.32 Å². The highest BCUT2D eigenvalue weighted by Crippen LogP contribution is 2.30. The molecule has 2 heteroatoms. The lowest BCUT2D eigenvalue weighted by Crippen LogP contribution is -2.50. The molecule has 0 aliphatic heterocycles.